The maximum absolute atomic E-state index is 11.3. The number of carbonyl (C=O) groups excluding carboxylic acids is 1. The molecule has 2 heteroatoms. The van der Waals surface area contributed by atoms with Gasteiger partial charge in [0.05, 0.1) is 6.10 Å². The van der Waals surface area contributed by atoms with E-state index in [9.17, 15) is 4.79 Å². The summed E-state index contributed by atoms with van der Waals surface area (Å²) in [5.74, 6) is 0.746. The van der Waals surface area contributed by atoms with Gasteiger partial charge in [-0.2, -0.15) is 0 Å². The third-order valence-corrected chi connectivity index (χ3v) is 1.91. The van der Waals surface area contributed by atoms with Crippen LogP contribution >= 0.6 is 0 Å². The minimum atomic E-state index is -0.0533. The Hall–Kier alpha value is -0.370. The molecule has 1 aliphatic heterocycles. The van der Waals surface area contributed by atoms with Crippen LogP contribution in [0.1, 0.15) is 33.6 Å². The third kappa shape index (κ3) is 2.29. The highest BCUT2D eigenvalue weighted by molar-refractivity contribution is 5.85. The van der Waals surface area contributed by atoms with Crippen LogP contribution in [-0.4, -0.2) is 18.0 Å². The van der Waals surface area contributed by atoms with E-state index >= 15 is 0 Å². The van der Waals surface area contributed by atoms with E-state index in [4.69, 9.17) is 4.74 Å². The van der Waals surface area contributed by atoms with Crippen LogP contribution in [-0.2, 0) is 9.53 Å². The minimum Gasteiger partial charge on any atom is -0.361 e. The van der Waals surface area contributed by atoms with Crippen LogP contribution in [0, 0.1) is 5.92 Å². The Morgan fingerprint density at radius 1 is 1.55 bits per heavy atom. The van der Waals surface area contributed by atoms with E-state index in [2.05, 4.69) is 13.8 Å². The third-order valence-electron chi connectivity index (χ3n) is 1.91. The molecular formula is C9H16O2. The Balaban J connectivity index is 2.23. The number of epoxide rings is 1. The first-order chi connectivity index (χ1) is 5.15. The summed E-state index contributed by atoms with van der Waals surface area (Å²) in [5, 5.41) is 0. The van der Waals surface area contributed by atoms with Gasteiger partial charge in [-0.1, -0.05) is 20.8 Å². The van der Waals surface area contributed by atoms with Gasteiger partial charge in [0.2, 0.25) is 0 Å². The van der Waals surface area contributed by atoms with Gasteiger partial charge < -0.3 is 4.74 Å². The van der Waals surface area contributed by atoms with Crippen molar-refractivity contribution < 1.29 is 9.53 Å². The van der Waals surface area contributed by atoms with Crippen LogP contribution in [0.25, 0.3) is 0 Å². The first-order valence-corrected chi connectivity index (χ1v) is 4.33. The van der Waals surface area contributed by atoms with Gasteiger partial charge in [-0.05, 0) is 12.3 Å². The van der Waals surface area contributed by atoms with E-state index in [-0.39, 0.29) is 18.0 Å². The molecule has 64 valence electrons. The lowest BCUT2D eigenvalue weighted by Crippen LogP contribution is -2.11. The normalized spacial score (nSPS) is 29.1. The first kappa shape index (κ1) is 8.72. The maximum Gasteiger partial charge on any atom is 0.164 e. The largest absolute Gasteiger partial charge is 0.361 e. The Kier molecular flexibility index (Phi) is 2.66. The van der Waals surface area contributed by atoms with Crippen molar-refractivity contribution in [2.24, 2.45) is 5.92 Å². The summed E-state index contributed by atoms with van der Waals surface area (Å²) in [6.45, 7) is 6.16. The summed E-state index contributed by atoms with van der Waals surface area (Å²) in [6.07, 6.45) is 1.82. The molecule has 0 aromatic heterocycles. The van der Waals surface area contributed by atoms with Gasteiger partial charge >= 0.3 is 0 Å². The number of ether oxygens (including phenoxy) is 1. The fourth-order valence-electron chi connectivity index (χ4n) is 1.26. The van der Waals surface area contributed by atoms with Crippen molar-refractivity contribution in [3.63, 3.8) is 0 Å². The fraction of sp³-hybridized carbons (Fsp3) is 0.889. The molecule has 2 nitrogen and oxygen atoms in total. The quantitative estimate of drug-likeness (QED) is 0.581. The van der Waals surface area contributed by atoms with Gasteiger partial charge in [-0.3, -0.25) is 4.79 Å². The summed E-state index contributed by atoms with van der Waals surface area (Å²) in [6, 6.07) is 0. The summed E-state index contributed by atoms with van der Waals surface area (Å²) < 4.78 is 5.18. The summed E-state index contributed by atoms with van der Waals surface area (Å²) >= 11 is 0. The van der Waals surface area contributed by atoms with Crippen molar-refractivity contribution >= 4 is 5.78 Å². The predicted octanol–water partition coefficient (Wildman–Crippen LogP) is 1.78. The molecule has 0 aliphatic carbocycles. The lowest BCUT2D eigenvalue weighted by molar-refractivity contribution is -0.120. The zero-order valence-corrected chi connectivity index (χ0v) is 7.46. The Bertz CT molecular complexity index is 152. The smallest absolute Gasteiger partial charge is 0.164 e. The van der Waals surface area contributed by atoms with Crippen LogP contribution in [0.2, 0.25) is 0 Å². The van der Waals surface area contributed by atoms with Gasteiger partial charge in [0.25, 0.3) is 0 Å². The van der Waals surface area contributed by atoms with Gasteiger partial charge in [-0.15, -0.1) is 0 Å². The topological polar surface area (TPSA) is 29.6 Å². The van der Waals surface area contributed by atoms with Gasteiger partial charge in [0.15, 0.2) is 5.78 Å². The number of Topliss-reactive ketones (excluding diaryl/α,β-unsaturated/α-hetero) is 1. The van der Waals surface area contributed by atoms with Crippen molar-refractivity contribution in [3.8, 4) is 0 Å². The minimum absolute atomic E-state index is 0.0533. The molecule has 1 saturated heterocycles. The van der Waals surface area contributed by atoms with Crippen molar-refractivity contribution in [1.82, 2.24) is 0 Å². The molecule has 0 saturated carbocycles. The average Bonchev–Trinajstić information content (AvgIpc) is 2.63. The average molecular weight is 156 g/mol. The molecule has 2 atom stereocenters. The van der Waals surface area contributed by atoms with E-state index < -0.39 is 0 Å². The van der Waals surface area contributed by atoms with E-state index in [1.54, 1.807) is 0 Å². The van der Waals surface area contributed by atoms with E-state index in [0.717, 1.165) is 6.42 Å². The molecule has 0 radical (unpaired) electrons. The molecule has 1 aliphatic rings. The zero-order valence-electron chi connectivity index (χ0n) is 7.46. The highest BCUT2D eigenvalue weighted by Gasteiger charge is 2.42. The van der Waals surface area contributed by atoms with Crippen LogP contribution in [0.5, 0.6) is 0 Å². The SMILES string of the molecule is CCC1OC1C(=O)CC(C)C. The van der Waals surface area contributed by atoms with Crippen LogP contribution < -0.4 is 0 Å². The molecule has 1 heterocycles. The summed E-state index contributed by atoms with van der Waals surface area (Å²) in [5.41, 5.74) is 0. The molecule has 0 amide bonds. The molecular weight excluding hydrogens is 140 g/mol. The molecule has 0 spiro atoms. The van der Waals surface area contributed by atoms with Crippen LogP contribution in [0.4, 0.5) is 0 Å². The number of ketones is 1. The second-order valence-electron chi connectivity index (χ2n) is 3.57. The highest BCUT2D eigenvalue weighted by atomic mass is 16.6. The first-order valence-electron chi connectivity index (χ1n) is 4.33. The Morgan fingerprint density at radius 3 is 2.55 bits per heavy atom. The van der Waals surface area contributed by atoms with Crippen LogP contribution in [0.15, 0.2) is 0 Å². The number of carbonyl (C=O) groups is 1. The van der Waals surface area contributed by atoms with Gasteiger partial charge in [-0.25, -0.2) is 0 Å². The highest BCUT2D eigenvalue weighted by Crippen LogP contribution is 2.27. The van der Waals surface area contributed by atoms with E-state index in [0.29, 0.717) is 12.3 Å². The zero-order chi connectivity index (χ0) is 8.43. The number of rotatable bonds is 4. The molecule has 0 aromatic carbocycles. The predicted molar refractivity (Wildman–Crippen MR) is 43.4 cm³/mol. The lowest BCUT2D eigenvalue weighted by Gasteiger charge is -1.99. The van der Waals surface area contributed by atoms with Crippen molar-refractivity contribution in [3.05, 3.63) is 0 Å². The Labute approximate surface area is 67.9 Å². The van der Waals surface area contributed by atoms with Crippen LogP contribution in [0.3, 0.4) is 0 Å². The molecule has 2 unspecified atom stereocenters. The second-order valence-corrected chi connectivity index (χ2v) is 3.57. The van der Waals surface area contributed by atoms with Crippen molar-refractivity contribution in [1.29, 1.82) is 0 Å². The number of hydrogen-bond acceptors (Lipinski definition) is 2. The van der Waals surface area contributed by atoms with Crippen molar-refractivity contribution in [2.75, 3.05) is 0 Å². The molecule has 1 rings (SSSR count). The summed E-state index contributed by atoms with van der Waals surface area (Å²) in [4.78, 5) is 11.3. The summed E-state index contributed by atoms with van der Waals surface area (Å²) in [7, 11) is 0. The number of hydrogen-bond donors (Lipinski definition) is 0. The molecule has 1 fully saturated rings. The van der Waals surface area contributed by atoms with Gasteiger partial charge in [0, 0.05) is 6.42 Å². The Morgan fingerprint density at radius 2 is 2.18 bits per heavy atom. The monoisotopic (exact) mass is 156 g/mol. The molecule has 0 bridgehead atoms. The standard InChI is InChI=1S/C9H16O2/c1-4-8-9(11-8)7(10)5-6(2)3/h6,8-9H,4-5H2,1-3H3. The molecule has 11 heavy (non-hydrogen) atoms. The van der Waals surface area contributed by atoms with E-state index in [1.807, 2.05) is 6.92 Å². The van der Waals surface area contributed by atoms with Crippen molar-refractivity contribution in [2.45, 2.75) is 45.8 Å². The molecule has 0 N–H and O–H groups in total. The second kappa shape index (κ2) is 3.35. The van der Waals surface area contributed by atoms with Gasteiger partial charge in [0.1, 0.15) is 6.10 Å². The fourth-order valence-corrected chi connectivity index (χ4v) is 1.26. The molecule has 0 aromatic rings. The maximum atomic E-state index is 11.3. The lowest BCUT2D eigenvalue weighted by atomic mass is 10.0. The van der Waals surface area contributed by atoms with E-state index in [1.165, 1.54) is 0 Å².